The number of ether oxygens (including phenoxy) is 1. The van der Waals surface area contributed by atoms with Gasteiger partial charge in [-0.15, -0.1) is 0 Å². The highest BCUT2D eigenvalue weighted by Gasteiger charge is 2.24. The van der Waals surface area contributed by atoms with Crippen molar-refractivity contribution in [3.05, 3.63) is 0 Å². The third-order valence-electron chi connectivity index (χ3n) is 2.91. The van der Waals surface area contributed by atoms with Crippen LogP contribution in [0, 0.1) is 0 Å². The van der Waals surface area contributed by atoms with Crippen LogP contribution in [0.1, 0.15) is 13.3 Å². The molecule has 1 aromatic rings. The first kappa shape index (κ1) is 14.3. The van der Waals surface area contributed by atoms with Gasteiger partial charge in [-0.1, -0.05) is 6.92 Å². The number of carbonyl (C=O) groups excluding carboxylic acids is 1. The first-order valence-corrected chi connectivity index (χ1v) is 6.48. The lowest BCUT2D eigenvalue weighted by Gasteiger charge is -2.31. The van der Waals surface area contributed by atoms with Gasteiger partial charge < -0.3 is 14.5 Å². The Morgan fingerprint density at radius 3 is 2.80 bits per heavy atom. The number of nitrogen functional groups attached to an aromatic ring is 1. The number of anilines is 2. The van der Waals surface area contributed by atoms with Crippen LogP contribution in [0.3, 0.4) is 0 Å². The molecule has 9 heteroatoms. The van der Waals surface area contributed by atoms with Gasteiger partial charge in [-0.05, 0) is 6.42 Å². The van der Waals surface area contributed by atoms with E-state index >= 15 is 0 Å². The molecule has 3 N–H and O–H groups in total. The topological polar surface area (TPSA) is 109 Å². The molecule has 0 bridgehead atoms. The van der Waals surface area contributed by atoms with Gasteiger partial charge in [0.2, 0.25) is 17.8 Å². The molecule has 1 amide bonds. The lowest BCUT2D eigenvalue weighted by atomic mass is 10.3. The minimum Gasteiger partial charge on any atom is -0.463 e. The monoisotopic (exact) mass is 281 g/mol. The summed E-state index contributed by atoms with van der Waals surface area (Å²) in [6, 6.07) is 0.205. The average molecular weight is 281 g/mol. The van der Waals surface area contributed by atoms with E-state index in [0.717, 1.165) is 6.42 Å². The summed E-state index contributed by atoms with van der Waals surface area (Å²) in [5.41, 5.74) is 2.38. The van der Waals surface area contributed by atoms with E-state index in [0.29, 0.717) is 25.6 Å². The van der Waals surface area contributed by atoms with Gasteiger partial charge >= 0.3 is 6.01 Å². The van der Waals surface area contributed by atoms with Crippen LogP contribution in [0.5, 0.6) is 6.01 Å². The van der Waals surface area contributed by atoms with E-state index in [1.165, 1.54) is 0 Å². The van der Waals surface area contributed by atoms with E-state index in [9.17, 15) is 4.79 Å². The number of rotatable bonds is 5. The van der Waals surface area contributed by atoms with Gasteiger partial charge in [0.05, 0.1) is 13.2 Å². The highest BCUT2D eigenvalue weighted by atomic mass is 16.5. The maximum Gasteiger partial charge on any atom is 0.323 e. The largest absolute Gasteiger partial charge is 0.463 e. The van der Waals surface area contributed by atoms with Crippen LogP contribution in [0.4, 0.5) is 11.9 Å². The van der Waals surface area contributed by atoms with Crippen LogP contribution in [0.2, 0.25) is 0 Å². The summed E-state index contributed by atoms with van der Waals surface area (Å²) >= 11 is 0. The zero-order chi connectivity index (χ0) is 14.5. The van der Waals surface area contributed by atoms with Gasteiger partial charge in [0.25, 0.3) is 0 Å². The van der Waals surface area contributed by atoms with Crippen LogP contribution in [0.15, 0.2) is 0 Å². The van der Waals surface area contributed by atoms with Crippen molar-refractivity contribution in [1.29, 1.82) is 0 Å². The summed E-state index contributed by atoms with van der Waals surface area (Å²) in [5, 5.41) is 0. The first-order valence-electron chi connectivity index (χ1n) is 6.48. The number of likely N-dealkylation sites (N-methyl/N-ethyl adjacent to an activating group) is 1. The summed E-state index contributed by atoms with van der Waals surface area (Å²) in [6.45, 7) is 4.01. The van der Waals surface area contributed by atoms with E-state index in [4.69, 9.17) is 10.6 Å². The molecule has 0 spiro atoms. The maximum atomic E-state index is 11.7. The second kappa shape index (κ2) is 6.33. The van der Waals surface area contributed by atoms with Gasteiger partial charge in [0.15, 0.2) is 0 Å². The number of nitrogens with two attached hydrogens (primary N) is 1. The van der Waals surface area contributed by atoms with E-state index in [1.54, 1.807) is 16.8 Å². The molecule has 2 rings (SSSR count). The van der Waals surface area contributed by atoms with Gasteiger partial charge in [-0.25, -0.2) is 5.84 Å². The van der Waals surface area contributed by atoms with Crippen LogP contribution in [-0.4, -0.2) is 59.0 Å². The molecular weight excluding hydrogens is 262 g/mol. The maximum absolute atomic E-state index is 11.7. The Labute approximate surface area is 117 Å². The third-order valence-corrected chi connectivity index (χ3v) is 2.91. The highest BCUT2D eigenvalue weighted by Crippen LogP contribution is 2.16. The van der Waals surface area contributed by atoms with Gasteiger partial charge in [-0.2, -0.15) is 15.0 Å². The summed E-state index contributed by atoms with van der Waals surface area (Å²) in [6.07, 6.45) is 0.847. The molecule has 1 aromatic heterocycles. The Balaban J connectivity index is 2.19. The Kier molecular flexibility index (Phi) is 4.51. The summed E-state index contributed by atoms with van der Waals surface area (Å²) in [7, 11) is 1.77. The second-order valence-corrected chi connectivity index (χ2v) is 4.47. The molecule has 0 aliphatic carbocycles. The first-order chi connectivity index (χ1) is 9.63. The van der Waals surface area contributed by atoms with Crippen LogP contribution < -0.4 is 20.9 Å². The molecule has 1 fully saturated rings. The fourth-order valence-corrected chi connectivity index (χ4v) is 1.74. The van der Waals surface area contributed by atoms with Crippen molar-refractivity contribution >= 4 is 17.8 Å². The fraction of sp³-hybridized carbons (Fsp3) is 0.636. The molecule has 20 heavy (non-hydrogen) atoms. The Bertz CT molecular complexity index is 482. The average Bonchev–Trinajstić information content (AvgIpc) is 2.47. The minimum absolute atomic E-state index is 0.0231. The van der Waals surface area contributed by atoms with E-state index in [1.807, 2.05) is 6.92 Å². The number of nitrogens with one attached hydrogen (secondary N) is 1. The number of carbonyl (C=O) groups is 1. The zero-order valence-corrected chi connectivity index (χ0v) is 11.7. The second-order valence-electron chi connectivity index (χ2n) is 4.47. The number of aromatic nitrogens is 3. The normalized spacial score (nSPS) is 15.4. The summed E-state index contributed by atoms with van der Waals surface area (Å²) < 4.78 is 5.40. The number of amides is 1. The molecule has 1 saturated heterocycles. The standard InChI is InChI=1S/C11H19N7O2/c1-3-6-20-11-14-9(16-12)13-10(15-11)18-5-4-17(2)8(19)7-18/h3-7,12H2,1-2H3,(H,13,14,15,16). The number of hydrogen-bond acceptors (Lipinski definition) is 8. The third kappa shape index (κ3) is 3.23. The molecule has 0 atom stereocenters. The molecule has 0 radical (unpaired) electrons. The summed E-state index contributed by atoms with van der Waals surface area (Å²) in [5.74, 6) is 5.97. The van der Waals surface area contributed by atoms with Gasteiger partial charge in [0.1, 0.15) is 0 Å². The Morgan fingerprint density at radius 2 is 2.15 bits per heavy atom. The zero-order valence-electron chi connectivity index (χ0n) is 11.7. The molecular formula is C11H19N7O2. The smallest absolute Gasteiger partial charge is 0.323 e. The lowest BCUT2D eigenvalue weighted by Crippen LogP contribution is -2.49. The Hall–Kier alpha value is -2.16. The van der Waals surface area contributed by atoms with E-state index < -0.39 is 0 Å². The molecule has 0 saturated carbocycles. The number of hydrogen-bond donors (Lipinski definition) is 2. The highest BCUT2D eigenvalue weighted by molar-refractivity contribution is 5.81. The van der Waals surface area contributed by atoms with E-state index in [2.05, 4.69) is 20.4 Å². The van der Waals surface area contributed by atoms with Crippen LogP contribution in [0.25, 0.3) is 0 Å². The van der Waals surface area contributed by atoms with Crippen molar-refractivity contribution < 1.29 is 9.53 Å². The van der Waals surface area contributed by atoms with Crippen molar-refractivity contribution in [2.75, 3.05) is 43.6 Å². The predicted molar refractivity (Wildman–Crippen MR) is 73.3 cm³/mol. The van der Waals surface area contributed by atoms with Crippen molar-refractivity contribution in [2.45, 2.75) is 13.3 Å². The van der Waals surface area contributed by atoms with Crippen molar-refractivity contribution in [2.24, 2.45) is 5.84 Å². The molecule has 0 unspecified atom stereocenters. The number of hydrazine groups is 1. The molecule has 0 aromatic carbocycles. The predicted octanol–water partition coefficient (Wildman–Crippen LogP) is -0.776. The van der Waals surface area contributed by atoms with Crippen molar-refractivity contribution in [3.63, 3.8) is 0 Å². The molecule has 1 aliphatic rings. The molecule has 1 aliphatic heterocycles. The fourth-order valence-electron chi connectivity index (χ4n) is 1.74. The number of nitrogens with zero attached hydrogens (tertiary/aromatic N) is 5. The quantitative estimate of drug-likeness (QED) is 0.534. The minimum atomic E-state index is 0.0231. The molecule has 110 valence electrons. The van der Waals surface area contributed by atoms with Crippen molar-refractivity contribution in [3.8, 4) is 6.01 Å². The van der Waals surface area contributed by atoms with Crippen molar-refractivity contribution in [1.82, 2.24) is 19.9 Å². The summed E-state index contributed by atoms with van der Waals surface area (Å²) in [4.78, 5) is 27.6. The molecule has 2 heterocycles. The van der Waals surface area contributed by atoms with Gasteiger partial charge in [-0.3, -0.25) is 10.2 Å². The lowest BCUT2D eigenvalue weighted by molar-refractivity contribution is -0.129. The SMILES string of the molecule is CCCOc1nc(NN)nc(N2CCN(C)C(=O)C2)n1. The molecule has 9 nitrogen and oxygen atoms in total. The van der Waals surface area contributed by atoms with Crippen LogP contribution in [-0.2, 0) is 4.79 Å². The Morgan fingerprint density at radius 1 is 1.35 bits per heavy atom. The number of piperazine rings is 1. The van der Waals surface area contributed by atoms with Crippen LogP contribution >= 0.6 is 0 Å². The van der Waals surface area contributed by atoms with E-state index in [-0.39, 0.29) is 24.4 Å². The van der Waals surface area contributed by atoms with Gasteiger partial charge in [0, 0.05) is 20.1 Å².